The minimum absolute atomic E-state index is 0.0563. The zero-order valence-corrected chi connectivity index (χ0v) is 13.1. The first kappa shape index (κ1) is 16.1. The molecule has 2 heterocycles. The maximum Gasteiger partial charge on any atom is 0.256 e. The third kappa shape index (κ3) is 3.59. The lowest BCUT2D eigenvalue weighted by Crippen LogP contribution is -2.41. The Bertz CT molecular complexity index is 728. The van der Waals surface area contributed by atoms with Crippen LogP contribution in [-0.2, 0) is 4.79 Å². The van der Waals surface area contributed by atoms with Gasteiger partial charge in [0.2, 0.25) is 5.91 Å². The number of carbonyl (C=O) groups excluding carboxylic acids is 2. The average Bonchev–Trinajstić information content (AvgIpc) is 2.62. The van der Waals surface area contributed by atoms with Gasteiger partial charge in [0, 0.05) is 37.1 Å². The fraction of sp³-hybridized carbons (Fsp3) is 0.278. The molecule has 0 unspecified atom stereocenters. The van der Waals surface area contributed by atoms with Crippen molar-refractivity contribution in [3.8, 4) is 0 Å². The number of likely N-dealkylation sites (tertiary alicyclic amines) is 1. The highest BCUT2D eigenvalue weighted by Crippen LogP contribution is 2.21. The molecule has 0 spiro atoms. The number of aromatic nitrogens is 1. The summed E-state index contributed by atoms with van der Waals surface area (Å²) < 4.78 is 13.7. The van der Waals surface area contributed by atoms with E-state index >= 15 is 0 Å². The Balaban J connectivity index is 1.57. The largest absolute Gasteiger partial charge is 0.339 e. The lowest BCUT2D eigenvalue weighted by Gasteiger charge is -2.31. The normalized spacial score (nSPS) is 15.1. The van der Waals surface area contributed by atoms with Crippen LogP contribution in [0.25, 0.3) is 0 Å². The molecule has 3 rings (SSSR count). The van der Waals surface area contributed by atoms with E-state index in [1.165, 1.54) is 12.1 Å². The molecule has 1 aliphatic heterocycles. The number of piperidine rings is 1. The number of hydrogen-bond acceptors (Lipinski definition) is 3. The molecule has 0 aliphatic carbocycles. The van der Waals surface area contributed by atoms with Crippen molar-refractivity contribution in [1.82, 2.24) is 9.88 Å². The Morgan fingerprint density at radius 1 is 1.08 bits per heavy atom. The third-order valence-corrected chi connectivity index (χ3v) is 4.21. The summed E-state index contributed by atoms with van der Waals surface area (Å²) in [6.07, 6.45) is 4.37. The van der Waals surface area contributed by atoms with Gasteiger partial charge in [-0.3, -0.25) is 14.6 Å². The summed E-state index contributed by atoms with van der Waals surface area (Å²) in [6, 6.07) is 9.43. The molecular weight excluding hydrogens is 309 g/mol. The van der Waals surface area contributed by atoms with E-state index in [-0.39, 0.29) is 23.3 Å². The van der Waals surface area contributed by atoms with E-state index < -0.39 is 5.82 Å². The highest BCUT2D eigenvalue weighted by atomic mass is 19.1. The SMILES string of the molecule is O=C(Nc1ccncc1)C1CCN(C(=O)c2ccccc2F)CC1. The van der Waals surface area contributed by atoms with Crippen molar-refractivity contribution in [2.45, 2.75) is 12.8 Å². The van der Waals surface area contributed by atoms with Crippen molar-refractivity contribution in [2.75, 3.05) is 18.4 Å². The number of anilines is 1. The van der Waals surface area contributed by atoms with Crippen molar-refractivity contribution in [3.63, 3.8) is 0 Å². The molecule has 0 bridgehead atoms. The summed E-state index contributed by atoms with van der Waals surface area (Å²) in [5.74, 6) is -1.04. The predicted octanol–water partition coefficient (Wildman–Crippen LogP) is 2.71. The lowest BCUT2D eigenvalue weighted by atomic mass is 9.95. The molecule has 2 amide bonds. The quantitative estimate of drug-likeness (QED) is 0.943. The second-order valence-corrected chi connectivity index (χ2v) is 5.77. The number of rotatable bonds is 3. The molecule has 24 heavy (non-hydrogen) atoms. The molecule has 1 aromatic heterocycles. The van der Waals surface area contributed by atoms with E-state index in [9.17, 15) is 14.0 Å². The first-order valence-electron chi connectivity index (χ1n) is 7.90. The van der Waals surface area contributed by atoms with Crippen LogP contribution in [0, 0.1) is 11.7 Å². The average molecular weight is 327 g/mol. The first-order valence-corrected chi connectivity index (χ1v) is 7.90. The molecule has 1 N–H and O–H groups in total. The zero-order valence-electron chi connectivity index (χ0n) is 13.1. The van der Waals surface area contributed by atoms with Crippen LogP contribution in [0.4, 0.5) is 10.1 Å². The van der Waals surface area contributed by atoms with Crippen LogP contribution >= 0.6 is 0 Å². The van der Waals surface area contributed by atoms with E-state index in [0.717, 1.165) is 0 Å². The Morgan fingerprint density at radius 2 is 1.75 bits per heavy atom. The van der Waals surface area contributed by atoms with Gasteiger partial charge in [-0.05, 0) is 37.1 Å². The molecule has 5 nitrogen and oxygen atoms in total. The molecular formula is C18H18FN3O2. The molecule has 1 aliphatic rings. The molecule has 1 aromatic carbocycles. The second kappa shape index (κ2) is 7.21. The summed E-state index contributed by atoms with van der Waals surface area (Å²) in [5.41, 5.74) is 0.789. The fourth-order valence-corrected chi connectivity index (χ4v) is 2.83. The summed E-state index contributed by atoms with van der Waals surface area (Å²) in [6.45, 7) is 0.892. The molecule has 1 fully saturated rings. The van der Waals surface area contributed by atoms with Gasteiger partial charge in [0.25, 0.3) is 5.91 Å². The number of halogens is 1. The predicted molar refractivity (Wildman–Crippen MR) is 87.9 cm³/mol. The third-order valence-electron chi connectivity index (χ3n) is 4.21. The van der Waals surface area contributed by atoms with E-state index in [1.807, 2.05) is 0 Å². The van der Waals surface area contributed by atoms with E-state index in [0.29, 0.717) is 31.6 Å². The van der Waals surface area contributed by atoms with E-state index in [1.54, 1.807) is 41.6 Å². The summed E-state index contributed by atoms with van der Waals surface area (Å²) >= 11 is 0. The van der Waals surface area contributed by atoms with E-state index in [4.69, 9.17) is 0 Å². The van der Waals surface area contributed by atoms with Crippen molar-refractivity contribution in [3.05, 3.63) is 60.2 Å². The standard InChI is InChI=1S/C18H18FN3O2/c19-16-4-2-1-3-15(16)18(24)22-11-7-13(8-12-22)17(23)21-14-5-9-20-10-6-14/h1-6,9-10,13H,7-8,11-12H2,(H,20,21,23). The number of hydrogen-bond donors (Lipinski definition) is 1. The number of carbonyl (C=O) groups is 2. The molecule has 1 saturated heterocycles. The monoisotopic (exact) mass is 327 g/mol. The number of amides is 2. The number of nitrogens with zero attached hydrogens (tertiary/aromatic N) is 2. The number of benzene rings is 1. The molecule has 0 saturated carbocycles. The Labute approximate surface area is 139 Å². The number of pyridine rings is 1. The van der Waals surface area contributed by atoms with E-state index in [2.05, 4.69) is 10.3 Å². The van der Waals surface area contributed by atoms with Gasteiger partial charge in [0.15, 0.2) is 0 Å². The van der Waals surface area contributed by atoms with Crippen molar-refractivity contribution >= 4 is 17.5 Å². The van der Waals surface area contributed by atoms with Crippen molar-refractivity contribution in [2.24, 2.45) is 5.92 Å². The summed E-state index contributed by atoms with van der Waals surface area (Å²) in [4.78, 5) is 30.1. The van der Waals surface area contributed by atoms with Gasteiger partial charge in [-0.15, -0.1) is 0 Å². The zero-order chi connectivity index (χ0) is 16.9. The molecule has 0 radical (unpaired) electrons. The van der Waals surface area contributed by atoms with Crippen LogP contribution in [0.1, 0.15) is 23.2 Å². The van der Waals surface area contributed by atoms with Crippen LogP contribution in [-0.4, -0.2) is 34.8 Å². The Morgan fingerprint density at radius 3 is 2.42 bits per heavy atom. The van der Waals surface area contributed by atoms with Crippen molar-refractivity contribution in [1.29, 1.82) is 0 Å². The van der Waals surface area contributed by atoms with Crippen LogP contribution in [0.2, 0.25) is 0 Å². The highest BCUT2D eigenvalue weighted by Gasteiger charge is 2.28. The lowest BCUT2D eigenvalue weighted by molar-refractivity contribution is -0.121. The summed E-state index contributed by atoms with van der Waals surface area (Å²) in [7, 11) is 0. The maximum atomic E-state index is 13.7. The maximum absolute atomic E-state index is 13.7. The van der Waals surface area contributed by atoms with Crippen LogP contribution in [0.15, 0.2) is 48.8 Å². The topological polar surface area (TPSA) is 62.3 Å². The van der Waals surface area contributed by atoms with Gasteiger partial charge in [0.1, 0.15) is 5.82 Å². The Hall–Kier alpha value is -2.76. The minimum Gasteiger partial charge on any atom is -0.339 e. The Kier molecular flexibility index (Phi) is 4.84. The van der Waals surface area contributed by atoms with Gasteiger partial charge >= 0.3 is 0 Å². The van der Waals surface area contributed by atoms with Gasteiger partial charge in [0.05, 0.1) is 5.56 Å². The van der Waals surface area contributed by atoms with Gasteiger partial charge in [-0.25, -0.2) is 4.39 Å². The van der Waals surface area contributed by atoms with Crippen molar-refractivity contribution < 1.29 is 14.0 Å². The molecule has 2 aromatic rings. The molecule has 0 atom stereocenters. The minimum atomic E-state index is -0.514. The highest BCUT2D eigenvalue weighted by molar-refractivity contribution is 5.95. The van der Waals surface area contributed by atoms with Crippen LogP contribution in [0.3, 0.4) is 0 Å². The van der Waals surface area contributed by atoms with Gasteiger partial charge in [-0.1, -0.05) is 12.1 Å². The fourth-order valence-electron chi connectivity index (χ4n) is 2.83. The van der Waals surface area contributed by atoms with Gasteiger partial charge < -0.3 is 10.2 Å². The van der Waals surface area contributed by atoms with Crippen LogP contribution < -0.4 is 5.32 Å². The first-order chi connectivity index (χ1) is 11.6. The van der Waals surface area contributed by atoms with Crippen LogP contribution in [0.5, 0.6) is 0 Å². The number of nitrogens with one attached hydrogen (secondary N) is 1. The smallest absolute Gasteiger partial charge is 0.256 e. The second-order valence-electron chi connectivity index (χ2n) is 5.77. The summed E-state index contributed by atoms with van der Waals surface area (Å²) in [5, 5.41) is 2.85. The molecule has 6 heteroatoms. The van der Waals surface area contributed by atoms with Gasteiger partial charge in [-0.2, -0.15) is 0 Å². The molecule has 124 valence electrons.